The van der Waals surface area contributed by atoms with Crippen LogP contribution in [0.1, 0.15) is 5.56 Å². The number of hydrogen-bond donors (Lipinski definition) is 0. The molecule has 0 spiro atoms. The van der Waals surface area contributed by atoms with Crippen molar-refractivity contribution < 1.29 is 22.4 Å². The molecule has 0 aliphatic carbocycles. The number of nitro groups is 2. The molecular weight excluding hydrogens is 328 g/mol. The summed E-state index contributed by atoms with van der Waals surface area (Å²) in [6, 6.07) is 8.14. The molecule has 10 heteroatoms. The van der Waals surface area contributed by atoms with Crippen LogP contribution in [0.3, 0.4) is 0 Å². The summed E-state index contributed by atoms with van der Waals surface area (Å²) < 4.78 is 29.5. The third kappa shape index (κ3) is 3.43. The lowest BCUT2D eigenvalue weighted by molar-refractivity contribution is -0.388. The Labute approximate surface area is 130 Å². The molecule has 23 heavy (non-hydrogen) atoms. The highest BCUT2D eigenvalue weighted by Crippen LogP contribution is 2.30. The Kier molecular flexibility index (Phi) is 4.27. The Bertz CT molecular complexity index is 876. The predicted molar refractivity (Wildman–Crippen MR) is 78.7 cm³/mol. The third-order valence-corrected chi connectivity index (χ3v) is 4.33. The van der Waals surface area contributed by atoms with E-state index in [2.05, 4.69) is 0 Å². The minimum Gasteiger partial charge on any atom is -0.379 e. The van der Waals surface area contributed by atoms with E-state index in [-0.39, 0.29) is 17.0 Å². The molecule has 2 rings (SSSR count). The molecule has 0 atom stereocenters. The van der Waals surface area contributed by atoms with Crippen molar-refractivity contribution in [3.8, 4) is 5.75 Å². The van der Waals surface area contributed by atoms with Crippen molar-refractivity contribution in [2.24, 2.45) is 0 Å². The average Bonchev–Trinajstić information content (AvgIpc) is 2.46. The van der Waals surface area contributed by atoms with Crippen molar-refractivity contribution in [2.75, 3.05) is 0 Å². The van der Waals surface area contributed by atoms with E-state index in [0.717, 1.165) is 30.3 Å². The maximum Gasteiger partial charge on any atom is 0.346 e. The second-order valence-corrected chi connectivity index (χ2v) is 5.95. The largest absolute Gasteiger partial charge is 0.379 e. The Morgan fingerprint density at radius 3 is 2.09 bits per heavy atom. The minimum atomic E-state index is -4.46. The van der Waals surface area contributed by atoms with Crippen LogP contribution in [0.25, 0.3) is 0 Å². The van der Waals surface area contributed by atoms with Gasteiger partial charge in [-0.15, -0.1) is 0 Å². The van der Waals surface area contributed by atoms with E-state index in [9.17, 15) is 28.6 Å². The molecular formula is C13H10N2O7S. The van der Waals surface area contributed by atoms with E-state index in [1.807, 2.05) is 0 Å². The minimum absolute atomic E-state index is 0.154. The van der Waals surface area contributed by atoms with Crippen LogP contribution in [0.2, 0.25) is 0 Å². The van der Waals surface area contributed by atoms with Gasteiger partial charge in [0.25, 0.3) is 11.4 Å². The fourth-order valence-corrected chi connectivity index (χ4v) is 3.21. The molecule has 0 aliphatic rings. The summed E-state index contributed by atoms with van der Waals surface area (Å²) in [5.41, 5.74) is -0.690. The van der Waals surface area contributed by atoms with Gasteiger partial charge in [0, 0.05) is 18.2 Å². The zero-order valence-corrected chi connectivity index (χ0v) is 12.5. The number of non-ortho nitro benzene ring substituents is 1. The molecule has 2 aromatic rings. The van der Waals surface area contributed by atoms with Gasteiger partial charge in [0.1, 0.15) is 5.75 Å². The molecule has 0 N–H and O–H groups in total. The van der Waals surface area contributed by atoms with Gasteiger partial charge in [-0.25, -0.2) is 0 Å². The summed E-state index contributed by atoms with van der Waals surface area (Å²) >= 11 is 0. The van der Waals surface area contributed by atoms with E-state index >= 15 is 0 Å². The van der Waals surface area contributed by atoms with Gasteiger partial charge in [0.05, 0.1) is 9.85 Å². The summed E-state index contributed by atoms with van der Waals surface area (Å²) in [5.74, 6) is -0.187. The molecule has 0 bridgehead atoms. The molecule has 9 nitrogen and oxygen atoms in total. The molecule has 0 saturated carbocycles. The van der Waals surface area contributed by atoms with Gasteiger partial charge < -0.3 is 4.18 Å². The Balaban J connectivity index is 2.44. The lowest BCUT2D eigenvalue weighted by Crippen LogP contribution is -2.13. The fourth-order valence-electron chi connectivity index (χ4n) is 1.90. The first-order valence-electron chi connectivity index (χ1n) is 6.15. The maximum atomic E-state index is 12.3. The first-order valence-corrected chi connectivity index (χ1v) is 7.56. The lowest BCUT2D eigenvalue weighted by atomic mass is 10.2. The van der Waals surface area contributed by atoms with Gasteiger partial charge in [0.15, 0.2) is 4.90 Å². The normalized spacial score (nSPS) is 11.0. The summed E-state index contributed by atoms with van der Waals surface area (Å²) in [6.45, 7) is 1.40. The Hall–Kier alpha value is -3.01. The highest BCUT2D eigenvalue weighted by atomic mass is 32.2. The van der Waals surface area contributed by atoms with Crippen LogP contribution in [-0.4, -0.2) is 18.3 Å². The molecule has 0 aromatic heterocycles. The van der Waals surface area contributed by atoms with E-state index in [1.165, 1.54) is 19.1 Å². The van der Waals surface area contributed by atoms with Gasteiger partial charge >= 0.3 is 10.1 Å². The number of nitrogens with zero attached hydrogens (tertiary/aromatic N) is 2. The standard InChI is InChI=1S/C13H10N2O7S/c1-9-3-2-4-12(15(18)19)13(9)23(20,21)22-11-7-5-10(6-8-11)14(16)17/h2-8H,1H3. The van der Waals surface area contributed by atoms with Crippen LogP contribution in [-0.2, 0) is 10.1 Å². The van der Waals surface area contributed by atoms with Crippen LogP contribution < -0.4 is 4.18 Å². The zero-order valence-electron chi connectivity index (χ0n) is 11.7. The van der Waals surface area contributed by atoms with Crippen molar-refractivity contribution in [3.63, 3.8) is 0 Å². The van der Waals surface area contributed by atoms with E-state index in [1.54, 1.807) is 0 Å². The summed E-state index contributed by atoms with van der Waals surface area (Å²) in [5, 5.41) is 21.6. The number of rotatable bonds is 5. The van der Waals surface area contributed by atoms with Gasteiger partial charge in [-0.2, -0.15) is 8.42 Å². The van der Waals surface area contributed by atoms with Crippen LogP contribution in [0.15, 0.2) is 47.4 Å². The van der Waals surface area contributed by atoms with Gasteiger partial charge in [-0.3, -0.25) is 20.2 Å². The van der Waals surface area contributed by atoms with E-state index in [4.69, 9.17) is 4.18 Å². The predicted octanol–water partition coefficient (Wildman–Crippen LogP) is 2.58. The first kappa shape index (κ1) is 16.4. The lowest BCUT2D eigenvalue weighted by Gasteiger charge is -2.09. The van der Waals surface area contributed by atoms with Gasteiger partial charge in [-0.1, -0.05) is 12.1 Å². The van der Waals surface area contributed by atoms with Crippen LogP contribution >= 0.6 is 0 Å². The van der Waals surface area contributed by atoms with E-state index < -0.39 is 30.5 Å². The van der Waals surface area contributed by atoms with Crippen LogP contribution in [0.5, 0.6) is 5.75 Å². The molecule has 2 aromatic carbocycles. The number of hydrogen-bond acceptors (Lipinski definition) is 7. The number of aryl methyl sites for hydroxylation is 1. The Morgan fingerprint density at radius 1 is 0.957 bits per heavy atom. The van der Waals surface area contributed by atoms with Crippen molar-refractivity contribution >= 4 is 21.5 Å². The number of benzene rings is 2. The van der Waals surface area contributed by atoms with Gasteiger partial charge in [0.2, 0.25) is 0 Å². The third-order valence-electron chi connectivity index (χ3n) is 2.89. The molecule has 0 aliphatic heterocycles. The Morgan fingerprint density at radius 2 is 1.57 bits per heavy atom. The average molecular weight is 338 g/mol. The van der Waals surface area contributed by atoms with Crippen molar-refractivity contribution in [1.29, 1.82) is 0 Å². The monoisotopic (exact) mass is 338 g/mol. The van der Waals surface area contributed by atoms with Crippen molar-refractivity contribution in [2.45, 2.75) is 11.8 Å². The molecule has 0 heterocycles. The van der Waals surface area contributed by atoms with E-state index in [0.29, 0.717) is 0 Å². The molecule has 0 saturated heterocycles. The molecule has 120 valence electrons. The maximum absolute atomic E-state index is 12.3. The van der Waals surface area contributed by atoms with Crippen molar-refractivity contribution in [1.82, 2.24) is 0 Å². The molecule has 0 fully saturated rings. The quantitative estimate of drug-likeness (QED) is 0.465. The summed E-state index contributed by atoms with van der Waals surface area (Å²) in [4.78, 5) is 19.5. The summed E-state index contributed by atoms with van der Waals surface area (Å²) in [6.07, 6.45) is 0. The number of nitro benzene ring substituents is 2. The SMILES string of the molecule is Cc1cccc([N+](=O)[O-])c1S(=O)(=O)Oc1ccc([N+](=O)[O-])cc1. The van der Waals surface area contributed by atoms with Gasteiger partial charge in [-0.05, 0) is 24.6 Å². The highest BCUT2D eigenvalue weighted by Gasteiger charge is 2.29. The highest BCUT2D eigenvalue weighted by molar-refractivity contribution is 7.87. The molecule has 0 amide bonds. The smallest absolute Gasteiger partial charge is 0.346 e. The van der Waals surface area contributed by atoms with Crippen molar-refractivity contribution in [3.05, 3.63) is 68.3 Å². The fraction of sp³-hybridized carbons (Fsp3) is 0.0769. The molecule has 0 unspecified atom stereocenters. The van der Waals surface area contributed by atoms with Crippen LogP contribution in [0.4, 0.5) is 11.4 Å². The molecule has 0 radical (unpaired) electrons. The topological polar surface area (TPSA) is 130 Å². The van der Waals surface area contributed by atoms with Crippen LogP contribution in [0, 0.1) is 27.2 Å². The summed E-state index contributed by atoms with van der Waals surface area (Å²) in [7, 11) is -4.46. The zero-order chi connectivity index (χ0) is 17.2. The second kappa shape index (κ2) is 6.01. The first-order chi connectivity index (χ1) is 10.7. The second-order valence-electron chi connectivity index (χ2n) is 4.47.